The van der Waals surface area contributed by atoms with Crippen LogP contribution in [-0.2, 0) is 14.3 Å². The number of nitrogens with one attached hydrogen (secondary N) is 1. The molecule has 0 atom stereocenters. The smallest absolute Gasteiger partial charge is 0.309 e. The Kier molecular flexibility index (Phi) is 3.46. The molecule has 0 aromatic heterocycles. The molecule has 5 heteroatoms. The highest BCUT2D eigenvalue weighted by molar-refractivity contribution is 6.52. The van der Waals surface area contributed by atoms with Crippen LogP contribution in [0.5, 0.6) is 0 Å². The number of fused-ring (bicyclic) bond motifs is 1. The Labute approximate surface area is 110 Å². The summed E-state index contributed by atoms with van der Waals surface area (Å²) in [5.74, 6) is -1.53. The second kappa shape index (κ2) is 5.06. The Morgan fingerprint density at radius 2 is 2.11 bits per heavy atom. The molecule has 2 rings (SSSR count). The van der Waals surface area contributed by atoms with Crippen molar-refractivity contribution in [2.75, 3.05) is 12.4 Å². The summed E-state index contributed by atoms with van der Waals surface area (Å²) in [6, 6.07) is 3.51. The summed E-state index contributed by atoms with van der Waals surface area (Å²) in [5, 5.41) is 2.51. The van der Waals surface area contributed by atoms with E-state index in [9.17, 15) is 14.4 Å². The van der Waals surface area contributed by atoms with E-state index < -0.39 is 11.7 Å². The zero-order valence-corrected chi connectivity index (χ0v) is 10.6. The van der Waals surface area contributed by atoms with E-state index in [0.717, 1.165) is 5.56 Å². The summed E-state index contributed by atoms with van der Waals surface area (Å²) in [7, 11) is 1.31. The van der Waals surface area contributed by atoms with Crippen molar-refractivity contribution >= 4 is 29.4 Å². The molecule has 1 heterocycles. The lowest BCUT2D eigenvalue weighted by Gasteiger charge is -2.05. The molecule has 0 saturated heterocycles. The van der Waals surface area contributed by atoms with Crippen molar-refractivity contribution in [3.63, 3.8) is 0 Å². The standard InChI is InChI=1S/C14H13NO4/c1-8-6-7-10-12(13(17)14(18)15-10)9(8)4-3-5-11(16)19-2/h3-4,6-7H,5H2,1-2H3,(H,15,17,18). The van der Waals surface area contributed by atoms with Gasteiger partial charge in [-0.3, -0.25) is 14.4 Å². The average molecular weight is 259 g/mol. The Morgan fingerprint density at radius 1 is 1.37 bits per heavy atom. The maximum absolute atomic E-state index is 11.8. The first-order chi connectivity index (χ1) is 9.04. The fraction of sp³-hybridized carbons (Fsp3) is 0.214. The largest absolute Gasteiger partial charge is 0.469 e. The zero-order valence-electron chi connectivity index (χ0n) is 10.6. The van der Waals surface area contributed by atoms with E-state index in [1.54, 1.807) is 18.2 Å². The van der Waals surface area contributed by atoms with E-state index in [0.29, 0.717) is 16.8 Å². The highest BCUT2D eigenvalue weighted by Crippen LogP contribution is 2.29. The molecule has 0 fully saturated rings. The van der Waals surface area contributed by atoms with Crippen LogP contribution < -0.4 is 5.32 Å². The number of esters is 1. The minimum absolute atomic E-state index is 0.120. The maximum Gasteiger partial charge on any atom is 0.309 e. The number of amides is 1. The monoisotopic (exact) mass is 259 g/mol. The first kappa shape index (κ1) is 13.0. The van der Waals surface area contributed by atoms with Gasteiger partial charge in [0, 0.05) is 0 Å². The molecule has 1 aliphatic rings. The van der Waals surface area contributed by atoms with Gasteiger partial charge in [0.15, 0.2) is 0 Å². The van der Waals surface area contributed by atoms with E-state index >= 15 is 0 Å². The lowest BCUT2D eigenvalue weighted by atomic mass is 9.98. The van der Waals surface area contributed by atoms with Crippen LogP contribution in [0.25, 0.3) is 6.08 Å². The number of benzene rings is 1. The summed E-state index contributed by atoms with van der Waals surface area (Å²) in [6.07, 6.45) is 3.41. The van der Waals surface area contributed by atoms with Gasteiger partial charge in [0.25, 0.3) is 11.7 Å². The maximum atomic E-state index is 11.8. The summed E-state index contributed by atoms with van der Waals surface area (Å²) in [6.45, 7) is 1.84. The molecule has 0 bridgehead atoms. The minimum Gasteiger partial charge on any atom is -0.469 e. The second-order valence-corrected chi connectivity index (χ2v) is 4.18. The molecule has 0 unspecified atom stereocenters. The van der Waals surface area contributed by atoms with Crippen molar-refractivity contribution in [2.24, 2.45) is 0 Å². The van der Waals surface area contributed by atoms with E-state index in [4.69, 9.17) is 0 Å². The zero-order chi connectivity index (χ0) is 14.0. The van der Waals surface area contributed by atoms with E-state index in [2.05, 4.69) is 10.1 Å². The number of hydrogen-bond donors (Lipinski definition) is 1. The quantitative estimate of drug-likeness (QED) is 0.662. The Morgan fingerprint density at radius 3 is 2.79 bits per heavy atom. The van der Waals surface area contributed by atoms with Gasteiger partial charge in [-0.25, -0.2) is 0 Å². The van der Waals surface area contributed by atoms with Crippen molar-refractivity contribution in [1.82, 2.24) is 0 Å². The molecule has 0 spiro atoms. The van der Waals surface area contributed by atoms with Crippen molar-refractivity contribution in [3.05, 3.63) is 34.9 Å². The van der Waals surface area contributed by atoms with Crippen LogP contribution >= 0.6 is 0 Å². The highest BCUT2D eigenvalue weighted by Gasteiger charge is 2.30. The SMILES string of the molecule is COC(=O)CC=Cc1c(C)ccc2c1C(=O)C(=O)N2. The molecule has 1 aromatic carbocycles. The molecule has 19 heavy (non-hydrogen) atoms. The number of aryl methyl sites for hydroxylation is 1. The fourth-order valence-electron chi connectivity index (χ4n) is 1.94. The van der Waals surface area contributed by atoms with E-state index in [-0.39, 0.29) is 12.4 Å². The third kappa shape index (κ3) is 2.40. The molecule has 1 aliphatic heterocycles. The van der Waals surface area contributed by atoms with E-state index in [1.807, 2.05) is 13.0 Å². The van der Waals surface area contributed by atoms with Crippen LogP contribution in [0.2, 0.25) is 0 Å². The van der Waals surface area contributed by atoms with Crippen LogP contribution in [0, 0.1) is 6.92 Å². The molecular weight excluding hydrogens is 246 g/mol. The number of anilines is 1. The van der Waals surface area contributed by atoms with Gasteiger partial charge >= 0.3 is 5.97 Å². The summed E-state index contributed by atoms with van der Waals surface area (Å²) < 4.78 is 4.53. The lowest BCUT2D eigenvalue weighted by Crippen LogP contribution is -2.13. The molecule has 0 saturated carbocycles. The third-order valence-corrected chi connectivity index (χ3v) is 2.94. The van der Waals surface area contributed by atoms with Crippen LogP contribution in [0.4, 0.5) is 5.69 Å². The molecule has 98 valence electrons. The predicted octanol–water partition coefficient (Wildman–Crippen LogP) is 1.71. The van der Waals surface area contributed by atoms with Crippen LogP contribution in [0.1, 0.15) is 27.9 Å². The van der Waals surface area contributed by atoms with Gasteiger partial charge in [0.1, 0.15) is 0 Å². The molecule has 1 aromatic rings. The number of Topliss-reactive ketones (excluding diaryl/α,β-unsaturated/α-hetero) is 1. The second-order valence-electron chi connectivity index (χ2n) is 4.18. The van der Waals surface area contributed by atoms with Gasteiger partial charge in [0.05, 0.1) is 24.8 Å². The average Bonchev–Trinajstić information content (AvgIpc) is 2.68. The van der Waals surface area contributed by atoms with Gasteiger partial charge in [-0.2, -0.15) is 0 Å². The topological polar surface area (TPSA) is 72.5 Å². The molecule has 0 aliphatic carbocycles. The van der Waals surface area contributed by atoms with Crippen LogP contribution in [0.3, 0.4) is 0 Å². The first-order valence-corrected chi connectivity index (χ1v) is 5.77. The Hall–Kier alpha value is -2.43. The van der Waals surface area contributed by atoms with Crippen molar-refractivity contribution < 1.29 is 19.1 Å². The number of hydrogen-bond acceptors (Lipinski definition) is 4. The first-order valence-electron chi connectivity index (χ1n) is 5.77. The third-order valence-electron chi connectivity index (χ3n) is 2.94. The number of rotatable bonds is 3. The van der Waals surface area contributed by atoms with Crippen molar-refractivity contribution in [3.8, 4) is 0 Å². The molecule has 1 amide bonds. The van der Waals surface area contributed by atoms with Gasteiger partial charge in [-0.1, -0.05) is 18.2 Å². The Bertz CT molecular complexity index is 602. The fourth-order valence-corrected chi connectivity index (χ4v) is 1.94. The van der Waals surface area contributed by atoms with Gasteiger partial charge in [-0.05, 0) is 24.1 Å². The number of carbonyl (C=O) groups excluding carboxylic acids is 3. The van der Waals surface area contributed by atoms with Crippen molar-refractivity contribution in [2.45, 2.75) is 13.3 Å². The molecule has 1 N–H and O–H groups in total. The van der Waals surface area contributed by atoms with Crippen LogP contribution in [0.15, 0.2) is 18.2 Å². The minimum atomic E-state index is -0.622. The summed E-state index contributed by atoms with van der Waals surface area (Å²) in [5.41, 5.74) is 2.40. The van der Waals surface area contributed by atoms with Gasteiger partial charge < -0.3 is 10.1 Å². The summed E-state index contributed by atoms with van der Waals surface area (Å²) in [4.78, 5) is 34.2. The number of ether oxygens (including phenoxy) is 1. The number of carbonyl (C=O) groups is 3. The van der Waals surface area contributed by atoms with Crippen molar-refractivity contribution in [1.29, 1.82) is 0 Å². The van der Waals surface area contributed by atoms with E-state index in [1.165, 1.54) is 7.11 Å². The Balaban J connectivity index is 2.36. The van der Waals surface area contributed by atoms with Gasteiger partial charge in [-0.15, -0.1) is 0 Å². The molecular formula is C14H13NO4. The number of methoxy groups -OCH3 is 1. The van der Waals surface area contributed by atoms with Crippen LogP contribution in [-0.4, -0.2) is 24.8 Å². The molecule has 0 radical (unpaired) electrons. The van der Waals surface area contributed by atoms with Gasteiger partial charge in [0.2, 0.25) is 0 Å². The molecule has 5 nitrogen and oxygen atoms in total. The normalized spacial score (nSPS) is 13.6. The highest BCUT2D eigenvalue weighted by atomic mass is 16.5. The predicted molar refractivity (Wildman–Crippen MR) is 69.8 cm³/mol. The lowest BCUT2D eigenvalue weighted by molar-refractivity contribution is -0.139. The number of ketones is 1. The summed E-state index contributed by atoms with van der Waals surface area (Å²) >= 11 is 0.